The summed E-state index contributed by atoms with van der Waals surface area (Å²) < 4.78 is 47.1. The average molecular weight is 984 g/mol. The Bertz CT molecular complexity index is 3000. The number of aromatic nitrogens is 2. The van der Waals surface area contributed by atoms with Crippen LogP contribution in [0.3, 0.4) is 0 Å². The van der Waals surface area contributed by atoms with Crippen LogP contribution in [0.4, 0.5) is 11.4 Å². The number of halogens is 1. The van der Waals surface area contributed by atoms with Crippen LogP contribution < -0.4 is 19.1 Å². The monoisotopic (exact) mass is 982 g/mol. The highest BCUT2D eigenvalue weighted by molar-refractivity contribution is 8.02. The lowest BCUT2D eigenvalue weighted by molar-refractivity contribution is -0.386. The third-order valence-corrected chi connectivity index (χ3v) is 18.2. The predicted molar refractivity (Wildman–Crippen MR) is 271 cm³/mol. The van der Waals surface area contributed by atoms with E-state index in [1.165, 1.54) is 29.0 Å². The van der Waals surface area contributed by atoms with Gasteiger partial charge in [-0.1, -0.05) is 49.0 Å². The number of benzene rings is 3. The number of H-pyrrole nitrogens is 1. The zero-order chi connectivity index (χ0) is 47.8. The van der Waals surface area contributed by atoms with Gasteiger partial charge in [0.2, 0.25) is 0 Å². The second-order valence-electron chi connectivity index (χ2n) is 19.3. The number of piperazine rings is 1. The Kier molecular flexibility index (Phi) is 13.7. The van der Waals surface area contributed by atoms with Gasteiger partial charge in [-0.2, -0.15) is 0 Å². The van der Waals surface area contributed by atoms with Gasteiger partial charge in [0, 0.05) is 105 Å². The highest BCUT2D eigenvalue weighted by atomic mass is 35.5. The van der Waals surface area contributed by atoms with E-state index in [0.717, 1.165) is 112 Å². The van der Waals surface area contributed by atoms with Crippen LogP contribution in [0.2, 0.25) is 5.02 Å². The van der Waals surface area contributed by atoms with Crippen molar-refractivity contribution in [3.63, 3.8) is 0 Å². The molecule has 9 rings (SSSR count). The summed E-state index contributed by atoms with van der Waals surface area (Å²) in [6.07, 6.45) is 7.62. The molecule has 2 fully saturated rings. The van der Waals surface area contributed by atoms with E-state index in [0.29, 0.717) is 23.4 Å². The second-order valence-corrected chi connectivity index (χ2v) is 24.6. The zero-order valence-electron chi connectivity index (χ0n) is 38.8. The molecule has 1 aliphatic carbocycles. The number of hydrogen-bond donors (Lipinski definition) is 2. The van der Waals surface area contributed by atoms with Gasteiger partial charge in [0.15, 0.2) is 0 Å². The van der Waals surface area contributed by atoms with Gasteiger partial charge < -0.3 is 24.3 Å². The van der Waals surface area contributed by atoms with Crippen molar-refractivity contribution in [3.8, 4) is 17.2 Å². The summed E-state index contributed by atoms with van der Waals surface area (Å²) in [4.78, 5) is 40.1. The first kappa shape index (κ1) is 47.6. The fraction of sp³-hybridized carbons (Fsp3) is 0.420. The Morgan fingerprint density at radius 3 is 2.56 bits per heavy atom. The molecule has 5 heterocycles. The molecular weight excluding hydrogens is 924 g/mol. The van der Waals surface area contributed by atoms with Crippen molar-refractivity contribution in [2.24, 2.45) is 15.7 Å². The Balaban J connectivity index is 0.914. The van der Waals surface area contributed by atoms with Crippen molar-refractivity contribution in [2.45, 2.75) is 50.8 Å². The average Bonchev–Trinajstić information content (AvgIpc) is 3.80. The van der Waals surface area contributed by atoms with E-state index in [4.69, 9.17) is 21.1 Å². The zero-order valence-corrected chi connectivity index (χ0v) is 41.2. The van der Waals surface area contributed by atoms with E-state index in [-0.39, 0.29) is 40.7 Å². The molecule has 18 heteroatoms. The molecule has 0 radical (unpaired) electrons. The molecule has 5 aromatic rings. The first-order valence-electron chi connectivity index (χ1n) is 23.2. The Morgan fingerprint density at radius 1 is 1.06 bits per heavy atom. The molecule has 2 N–H and O–H groups in total. The van der Waals surface area contributed by atoms with E-state index in [1.807, 2.05) is 25.2 Å². The van der Waals surface area contributed by atoms with Crippen molar-refractivity contribution in [1.29, 1.82) is 0 Å². The number of hydrogen-bond acceptors (Lipinski definition) is 12. The molecule has 360 valence electrons. The number of ether oxygens (including phenoxy) is 2. The molecule has 2 saturated heterocycles. The number of nitro benzene ring substituents is 1. The summed E-state index contributed by atoms with van der Waals surface area (Å²) in [6.45, 7) is 11.6. The number of carbonyl (C=O) groups excluding carboxylic acids is 1. The maximum absolute atomic E-state index is 14.1. The van der Waals surface area contributed by atoms with E-state index in [1.54, 1.807) is 30.5 Å². The molecule has 1 atom stereocenters. The van der Waals surface area contributed by atoms with Gasteiger partial charge in [0.25, 0.3) is 21.6 Å². The number of nitrogens with zero attached hydrogens (tertiary/aromatic N) is 6. The van der Waals surface area contributed by atoms with Gasteiger partial charge in [0.1, 0.15) is 22.9 Å². The van der Waals surface area contributed by atoms with E-state index >= 15 is 0 Å². The van der Waals surface area contributed by atoms with Gasteiger partial charge in [-0.15, -0.1) is 9.41 Å². The molecule has 0 saturated carbocycles. The Hall–Kier alpha value is -5.46. The molecule has 15 nitrogen and oxygen atoms in total. The molecule has 0 unspecified atom stereocenters. The summed E-state index contributed by atoms with van der Waals surface area (Å²) in [7, 11) is -3.94. The lowest BCUT2D eigenvalue weighted by Crippen LogP contribution is -2.47. The molecule has 3 aliphatic heterocycles. The van der Waals surface area contributed by atoms with E-state index in [2.05, 4.69) is 65.6 Å². The minimum atomic E-state index is -4.64. The first-order chi connectivity index (χ1) is 32.5. The van der Waals surface area contributed by atoms with Crippen LogP contribution >= 0.6 is 11.6 Å². The van der Waals surface area contributed by atoms with Crippen LogP contribution in [0.5, 0.6) is 17.2 Å². The number of pyridine rings is 1. The van der Waals surface area contributed by atoms with E-state index in [9.17, 15) is 23.3 Å². The third-order valence-electron chi connectivity index (χ3n) is 14.0. The van der Waals surface area contributed by atoms with Crippen molar-refractivity contribution in [1.82, 2.24) is 24.5 Å². The molecule has 1 amide bonds. The number of aromatic amines is 1. The maximum Gasteiger partial charge on any atom is 0.277 e. The number of fused-ring (bicyclic) bond motifs is 2. The standard InChI is InChI=1S/C50H59ClN8O7S2/c1-50(2)14-11-37(44(30-50)35-5-7-38(51)8-6-35)32-57-17-19-58(20-18-57)39-9-10-42(47(27-39)66-40-26-36-12-15-53-48(36)54-31-40)49(60)55-68(63,64)41-28-45(59(61)62)43-25-34(33-65-46(43)29-41)13-16-56-21-23-67(4,52-3)24-22-56/h5-10,12,15,26-29,31,34H,4,11,13-14,16-25,30,32-33H2,1-3H3,(H,53,54)(H,55,60)/t34-/m0/s1. The van der Waals surface area contributed by atoms with Crippen molar-refractivity contribution < 1.29 is 27.6 Å². The van der Waals surface area contributed by atoms with Gasteiger partial charge in [-0.3, -0.25) is 24.2 Å². The van der Waals surface area contributed by atoms with Gasteiger partial charge in [-0.25, -0.2) is 18.1 Å². The molecule has 0 spiro atoms. The van der Waals surface area contributed by atoms with Crippen molar-refractivity contribution in [2.75, 3.05) is 82.4 Å². The van der Waals surface area contributed by atoms with Crippen LogP contribution in [0.1, 0.15) is 61.0 Å². The van der Waals surface area contributed by atoms with Gasteiger partial charge >= 0.3 is 0 Å². The van der Waals surface area contributed by atoms with Crippen LogP contribution in [0.25, 0.3) is 16.6 Å². The summed E-state index contributed by atoms with van der Waals surface area (Å²) in [5.41, 5.74) is 5.73. The molecule has 2 aromatic heterocycles. The number of allylic oxidation sites excluding steroid dienone is 1. The maximum atomic E-state index is 14.1. The summed E-state index contributed by atoms with van der Waals surface area (Å²) in [5, 5.41) is 14.0. The van der Waals surface area contributed by atoms with Crippen LogP contribution in [-0.2, 0) is 25.9 Å². The molecule has 3 aromatic carbocycles. The van der Waals surface area contributed by atoms with Crippen molar-refractivity contribution >= 4 is 70.8 Å². The van der Waals surface area contributed by atoms with Crippen LogP contribution in [0, 0.1) is 21.4 Å². The number of carbonyl (C=O) groups is 1. The van der Waals surface area contributed by atoms with Crippen LogP contribution in [0.15, 0.2) is 94.0 Å². The molecular formula is C50H59ClN8O7S2. The lowest BCUT2D eigenvalue weighted by Gasteiger charge is -2.39. The Labute approximate surface area is 403 Å². The van der Waals surface area contributed by atoms with Gasteiger partial charge in [-0.05, 0) is 97.5 Å². The summed E-state index contributed by atoms with van der Waals surface area (Å²) >= 11 is 6.26. The summed E-state index contributed by atoms with van der Waals surface area (Å²) in [6, 6.07) is 19.2. The molecule has 4 aliphatic rings. The molecule has 68 heavy (non-hydrogen) atoms. The smallest absolute Gasteiger partial charge is 0.277 e. The quantitative estimate of drug-likeness (QED) is 0.0658. The lowest BCUT2D eigenvalue weighted by atomic mass is 9.72. The topological polar surface area (TPSA) is 176 Å². The fourth-order valence-corrected chi connectivity index (χ4v) is 12.7. The highest BCUT2D eigenvalue weighted by Crippen LogP contribution is 2.44. The summed E-state index contributed by atoms with van der Waals surface area (Å²) in [5.74, 6) is 5.90. The van der Waals surface area contributed by atoms with Crippen LogP contribution in [-0.4, -0.2) is 122 Å². The highest BCUT2D eigenvalue weighted by Gasteiger charge is 2.34. The minimum absolute atomic E-state index is 0.0115. The SMILES string of the molecule is C=S1(=NC)CCN(CC[C@@H]2COc3cc(S(=O)(=O)NC(=O)c4ccc(N5CCN(CC6=C(c7ccc(Cl)cc7)CC(C)(C)CC6)CC5)cc4Oc4cnc5[nH]ccc5c4)cc([N+](=O)[O-])c3C2)CC1. The fourth-order valence-electron chi connectivity index (χ4n) is 9.80. The van der Waals surface area contributed by atoms with Gasteiger partial charge in [0.05, 0.1) is 33.7 Å². The second kappa shape index (κ2) is 19.5. The number of anilines is 1. The third kappa shape index (κ3) is 10.7. The number of nitrogens with one attached hydrogen (secondary N) is 2. The predicted octanol–water partition coefficient (Wildman–Crippen LogP) is 8.48. The van der Waals surface area contributed by atoms with E-state index < -0.39 is 35.2 Å². The minimum Gasteiger partial charge on any atom is -0.493 e. The molecule has 0 bridgehead atoms. The number of rotatable bonds is 13. The van der Waals surface area contributed by atoms with Crippen molar-refractivity contribution in [3.05, 3.63) is 117 Å². The number of nitro groups is 1. The largest absolute Gasteiger partial charge is 0.493 e. The first-order valence-corrected chi connectivity index (χ1v) is 27.2. The normalized spacial score (nSPS) is 19.8. The Morgan fingerprint density at radius 2 is 1.82 bits per heavy atom. The number of amides is 1. The number of sulfonamides is 1.